The molecule has 1 aliphatic rings. The SMILES string of the molecule is Cc1cccc(-c2noc(C3CCN(c4nc(=O)c5c(C)c(C(F)(F)F)cc([N+](=O)[O-])c5s4)CC3)n2)c1. The molecule has 5 rings (SSSR count). The topological polar surface area (TPSA) is 115 Å². The minimum atomic E-state index is -4.84. The Kier molecular flexibility index (Phi) is 6.18. The summed E-state index contributed by atoms with van der Waals surface area (Å²) >= 11 is 0.850. The second-order valence-electron chi connectivity index (χ2n) is 8.92. The maximum Gasteiger partial charge on any atom is 0.416 e. The molecule has 0 unspecified atom stereocenters. The fourth-order valence-corrected chi connectivity index (χ4v) is 5.75. The maximum absolute atomic E-state index is 13.4. The number of nitrogens with zero attached hydrogens (tertiary/aromatic N) is 5. The highest BCUT2D eigenvalue weighted by Crippen LogP contribution is 2.41. The van der Waals surface area contributed by atoms with Gasteiger partial charge in [-0.3, -0.25) is 14.9 Å². The molecule has 9 nitrogen and oxygen atoms in total. The van der Waals surface area contributed by atoms with E-state index in [2.05, 4.69) is 15.1 Å². The Labute approximate surface area is 211 Å². The molecule has 3 heterocycles. The van der Waals surface area contributed by atoms with E-state index in [0.29, 0.717) is 43.7 Å². The van der Waals surface area contributed by atoms with Gasteiger partial charge in [0.1, 0.15) is 4.70 Å². The second kappa shape index (κ2) is 9.21. The van der Waals surface area contributed by atoms with Gasteiger partial charge >= 0.3 is 6.18 Å². The smallest absolute Gasteiger partial charge is 0.348 e. The molecule has 0 atom stereocenters. The maximum atomic E-state index is 13.4. The van der Waals surface area contributed by atoms with E-state index in [1.165, 1.54) is 0 Å². The highest BCUT2D eigenvalue weighted by atomic mass is 32.1. The van der Waals surface area contributed by atoms with Gasteiger partial charge in [-0.2, -0.15) is 23.1 Å². The van der Waals surface area contributed by atoms with E-state index in [9.17, 15) is 28.1 Å². The first-order valence-electron chi connectivity index (χ1n) is 11.4. The normalized spacial score (nSPS) is 14.9. The van der Waals surface area contributed by atoms with Gasteiger partial charge in [0.15, 0.2) is 5.13 Å². The van der Waals surface area contributed by atoms with Crippen LogP contribution in [-0.2, 0) is 6.18 Å². The average Bonchev–Trinajstić information content (AvgIpc) is 3.33. The summed E-state index contributed by atoms with van der Waals surface area (Å²) in [6.45, 7) is 4.01. The molecule has 37 heavy (non-hydrogen) atoms. The number of hydrogen-bond acceptors (Lipinski definition) is 9. The molecule has 0 saturated carbocycles. The average molecular weight is 532 g/mol. The van der Waals surface area contributed by atoms with Crippen LogP contribution in [0.15, 0.2) is 39.6 Å². The Morgan fingerprint density at radius 2 is 1.89 bits per heavy atom. The van der Waals surface area contributed by atoms with Crippen molar-refractivity contribution in [3.05, 3.63) is 73.4 Å². The summed E-state index contributed by atoms with van der Waals surface area (Å²) in [4.78, 5) is 33.9. The molecule has 2 aromatic heterocycles. The molecule has 13 heteroatoms. The van der Waals surface area contributed by atoms with Gasteiger partial charge in [-0.15, -0.1) is 0 Å². The van der Waals surface area contributed by atoms with E-state index in [4.69, 9.17) is 4.52 Å². The van der Waals surface area contributed by atoms with Gasteiger partial charge in [0.25, 0.3) is 11.2 Å². The summed E-state index contributed by atoms with van der Waals surface area (Å²) in [6, 6.07) is 8.24. The van der Waals surface area contributed by atoms with E-state index >= 15 is 0 Å². The molecule has 0 spiro atoms. The first-order valence-corrected chi connectivity index (χ1v) is 12.2. The van der Waals surface area contributed by atoms with E-state index in [-0.39, 0.29) is 26.7 Å². The number of fused-ring (bicyclic) bond motifs is 1. The van der Waals surface area contributed by atoms with Crippen molar-refractivity contribution in [1.82, 2.24) is 15.1 Å². The molecule has 0 amide bonds. The van der Waals surface area contributed by atoms with Crippen LogP contribution >= 0.6 is 11.3 Å². The molecule has 0 aliphatic carbocycles. The molecule has 0 bridgehead atoms. The molecule has 0 radical (unpaired) electrons. The number of alkyl halides is 3. The number of nitro groups is 1. The molecule has 1 fully saturated rings. The monoisotopic (exact) mass is 531 g/mol. The Hall–Kier alpha value is -3.87. The summed E-state index contributed by atoms with van der Waals surface area (Å²) in [7, 11) is 0. The highest BCUT2D eigenvalue weighted by Gasteiger charge is 2.37. The zero-order chi connectivity index (χ0) is 26.5. The van der Waals surface area contributed by atoms with Crippen molar-refractivity contribution < 1.29 is 22.6 Å². The lowest BCUT2D eigenvalue weighted by Crippen LogP contribution is -2.34. The van der Waals surface area contributed by atoms with Crippen molar-refractivity contribution in [1.29, 1.82) is 0 Å². The summed E-state index contributed by atoms with van der Waals surface area (Å²) in [6.07, 6.45) is -3.64. The lowest BCUT2D eigenvalue weighted by atomic mass is 9.97. The molecule has 2 aromatic carbocycles. The fraction of sp³-hybridized carbons (Fsp3) is 0.333. The summed E-state index contributed by atoms with van der Waals surface area (Å²) in [5.41, 5.74) is -1.34. The number of aryl methyl sites for hydroxylation is 2. The van der Waals surface area contributed by atoms with Crippen LogP contribution in [0.3, 0.4) is 0 Å². The fourth-order valence-electron chi connectivity index (χ4n) is 4.55. The largest absolute Gasteiger partial charge is 0.416 e. The highest BCUT2D eigenvalue weighted by molar-refractivity contribution is 7.22. The van der Waals surface area contributed by atoms with Gasteiger partial charge in [-0.1, -0.05) is 40.3 Å². The van der Waals surface area contributed by atoms with Crippen molar-refractivity contribution >= 4 is 32.2 Å². The third kappa shape index (κ3) is 4.66. The number of anilines is 1. The molecule has 4 aromatic rings. The summed E-state index contributed by atoms with van der Waals surface area (Å²) in [5.74, 6) is 0.976. The number of aromatic nitrogens is 3. The van der Waals surface area contributed by atoms with Gasteiger partial charge in [0, 0.05) is 30.6 Å². The number of halogens is 3. The predicted octanol–water partition coefficient (Wildman–Crippen LogP) is 5.63. The number of benzene rings is 2. The number of piperidine rings is 1. The molecular formula is C24H20F3N5O4S. The van der Waals surface area contributed by atoms with Crippen LogP contribution < -0.4 is 10.5 Å². The van der Waals surface area contributed by atoms with Gasteiger partial charge in [-0.25, -0.2) is 0 Å². The Bertz CT molecular complexity index is 1580. The quantitative estimate of drug-likeness (QED) is 0.246. The number of rotatable bonds is 4. The van der Waals surface area contributed by atoms with Crippen molar-refractivity contribution in [2.24, 2.45) is 0 Å². The van der Waals surface area contributed by atoms with E-state index in [0.717, 1.165) is 29.4 Å². The molecule has 0 N–H and O–H groups in total. The predicted molar refractivity (Wildman–Crippen MR) is 131 cm³/mol. The van der Waals surface area contributed by atoms with Crippen molar-refractivity contribution in [2.45, 2.75) is 38.8 Å². The van der Waals surface area contributed by atoms with E-state index in [1.54, 1.807) is 4.90 Å². The zero-order valence-corrected chi connectivity index (χ0v) is 20.5. The van der Waals surface area contributed by atoms with Crippen molar-refractivity contribution in [3.8, 4) is 11.4 Å². The molecular weight excluding hydrogens is 511 g/mol. The van der Waals surface area contributed by atoms with Gasteiger partial charge in [0.05, 0.1) is 15.9 Å². The standard InChI is InChI=1S/C24H20F3N5O4S/c1-12-4-3-5-15(10-12)20-28-22(36-30-20)14-6-8-31(9-7-14)23-29-21(33)18-13(2)16(24(25,26)27)11-17(32(34)35)19(18)37-23/h3-5,10-11,14H,6-9H2,1-2H3. The number of non-ortho nitro benzene ring substituents is 1. The molecule has 1 saturated heterocycles. The van der Waals surface area contributed by atoms with E-state index in [1.807, 2.05) is 31.2 Å². The Morgan fingerprint density at radius 1 is 1.16 bits per heavy atom. The lowest BCUT2D eigenvalue weighted by molar-refractivity contribution is -0.383. The first-order chi connectivity index (χ1) is 17.5. The van der Waals surface area contributed by atoms with Crippen LogP contribution in [0.1, 0.15) is 41.3 Å². The van der Waals surface area contributed by atoms with Gasteiger partial charge in [0.2, 0.25) is 11.7 Å². The minimum Gasteiger partial charge on any atom is -0.348 e. The second-order valence-corrected chi connectivity index (χ2v) is 9.89. The Balaban J connectivity index is 1.41. The number of hydrogen-bond donors (Lipinski definition) is 0. The number of nitro benzene ring substituents is 1. The van der Waals surface area contributed by atoms with Crippen LogP contribution in [-0.4, -0.2) is 33.1 Å². The third-order valence-corrected chi connectivity index (χ3v) is 7.61. The van der Waals surface area contributed by atoms with Crippen molar-refractivity contribution in [3.63, 3.8) is 0 Å². The lowest BCUT2D eigenvalue weighted by Gasteiger charge is -2.30. The Morgan fingerprint density at radius 3 is 2.54 bits per heavy atom. The third-order valence-electron chi connectivity index (χ3n) is 6.46. The van der Waals surface area contributed by atoms with Crippen LogP contribution in [0.2, 0.25) is 0 Å². The van der Waals surface area contributed by atoms with Crippen LogP contribution in [0.4, 0.5) is 24.0 Å². The van der Waals surface area contributed by atoms with Crippen molar-refractivity contribution in [2.75, 3.05) is 18.0 Å². The molecule has 192 valence electrons. The van der Waals surface area contributed by atoms with Crippen LogP contribution in [0, 0.1) is 24.0 Å². The zero-order valence-electron chi connectivity index (χ0n) is 19.7. The van der Waals surface area contributed by atoms with Gasteiger partial charge < -0.3 is 9.42 Å². The summed E-state index contributed by atoms with van der Waals surface area (Å²) in [5, 5.41) is 15.6. The van der Waals surface area contributed by atoms with Crippen LogP contribution in [0.25, 0.3) is 21.5 Å². The summed E-state index contributed by atoms with van der Waals surface area (Å²) < 4.78 is 45.7. The van der Waals surface area contributed by atoms with Crippen LogP contribution in [0.5, 0.6) is 0 Å². The first kappa shape index (κ1) is 24.8. The van der Waals surface area contributed by atoms with E-state index < -0.39 is 27.9 Å². The molecule has 1 aliphatic heterocycles. The minimum absolute atomic E-state index is 0.0228. The van der Waals surface area contributed by atoms with Gasteiger partial charge in [-0.05, 0) is 38.3 Å².